The summed E-state index contributed by atoms with van der Waals surface area (Å²) < 4.78 is 0. The molecular weight excluding hydrogens is 264 g/mol. The number of aryl methyl sites for hydroxylation is 2. The summed E-state index contributed by atoms with van der Waals surface area (Å²) in [5, 5.41) is 2.91. The van der Waals surface area contributed by atoms with Gasteiger partial charge in [-0.3, -0.25) is 4.79 Å². The molecule has 0 atom stereocenters. The van der Waals surface area contributed by atoms with E-state index >= 15 is 0 Å². The molecule has 106 valence electrons. The fraction of sp³-hybridized carbons (Fsp3) is 0.312. The van der Waals surface area contributed by atoms with Gasteiger partial charge in [-0.25, -0.2) is 9.97 Å². The van der Waals surface area contributed by atoms with E-state index in [1.807, 2.05) is 6.07 Å². The van der Waals surface area contributed by atoms with Crippen molar-refractivity contribution in [2.75, 3.05) is 17.3 Å². The van der Waals surface area contributed by atoms with Gasteiger partial charge in [-0.15, -0.1) is 0 Å². The van der Waals surface area contributed by atoms with Crippen LogP contribution in [0.15, 0.2) is 24.4 Å². The second kappa shape index (κ2) is 4.55. The molecule has 21 heavy (non-hydrogen) atoms. The van der Waals surface area contributed by atoms with Gasteiger partial charge in [0.05, 0.1) is 17.8 Å². The highest BCUT2D eigenvalue weighted by atomic mass is 16.2. The van der Waals surface area contributed by atoms with Crippen molar-refractivity contribution in [2.45, 2.75) is 25.8 Å². The van der Waals surface area contributed by atoms with Crippen LogP contribution < -0.4 is 10.2 Å². The van der Waals surface area contributed by atoms with Crippen LogP contribution in [0.2, 0.25) is 0 Å². The summed E-state index contributed by atoms with van der Waals surface area (Å²) in [6, 6.07) is 6.34. The van der Waals surface area contributed by atoms with Gasteiger partial charge in [-0.1, -0.05) is 6.07 Å². The minimum atomic E-state index is -0.00870. The molecule has 0 saturated heterocycles. The number of aromatic nitrogens is 2. The molecule has 0 radical (unpaired) electrons. The van der Waals surface area contributed by atoms with Crippen LogP contribution in [0, 0.1) is 0 Å². The third kappa shape index (κ3) is 1.88. The number of rotatable bonds is 2. The normalized spacial score (nSPS) is 16.0. The molecule has 5 heteroatoms. The lowest BCUT2D eigenvalue weighted by molar-refractivity contribution is 0.0996. The van der Waals surface area contributed by atoms with Crippen molar-refractivity contribution in [1.29, 1.82) is 0 Å². The monoisotopic (exact) mass is 280 g/mol. The quantitative estimate of drug-likeness (QED) is 0.916. The van der Waals surface area contributed by atoms with E-state index in [-0.39, 0.29) is 5.91 Å². The molecule has 1 aliphatic carbocycles. The van der Waals surface area contributed by atoms with E-state index in [9.17, 15) is 4.79 Å². The zero-order chi connectivity index (χ0) is 14.4. The standard InChI is InChI=1S/C16H16N4O/c1-17-16-18-8-13-14(19-16)9-20(15(13)21)12-6-5-10-3-2-4-11(10)7-12/h5-8H,2-4,9H2,1H3,(H,17,18,19). The van der Waals surface area contributed by atoms with Crippen LogP contribution in [0.3, 0.4) is 0 Å². The zero-order valence-corrected chi connectivity index (χ0v) is 11.9. The number of carbonyl (C=O) groups is 1. The molecule has 1 aromatic heterocycles. The minimum absolute atomic E-state index is 0.00870. The summed E-state index contributed by atoms with van der Waals surface area (Å²) in [4.78, 5) is 22.8. The summed E-state index contributed by atoms with van der Waals surface area (Å²) in [5.41, 5.74) is 5.15. The maximum atomic E-state index is 12.5. The smallest absolute Gasteiger partial charge is 0.262 e. The number of carbonyl (C=O) groups excluding carboxylic acids is 1. The number of nitrogens with one attached hydrogen (secondary N) is 1. The second-order valence-electron chi connectivity index (χ2n) is 5.50. The highest BCUT2D eigenvalue weighted by molar-refractivity contribution is 6.09. The molecule has 0 fully saturated rings. The van der Waals surface area contributed by atoms with Gasteiger partial charge in [0.15, 0.2) is 0 Å². The number of nitrogens with zero attached hydrogens (tertiary/aromatic N) is 3. The molecule has 5 nitrogen and oxygen atoms in total. The zero-order valence-electron chi connectivity index (χ0n) is 11.9. The van der Waals surface area contributed by atoms with Crippen LogP contribution in [-0.2, 0) is 19.4 Å². The van der Waals surface area contributed by atoms with E-state index < -0.39 is 0 Å². The number of hydrogen-bond donors (Lipinski definition) is 1. The molecule has 0 spiro atoms. The van der Waals surface area contributed by atoms with E-state index in [2.05, 4.69) is 27.4 Å². The molecule has 0 bridgehead atoms. The van der Waals surface area contributed by atoms with Crippen LogP contribution in [0.1, 0.15) is 33.6 Å². The topological polar surface area (TPSA) is 58.1 Å². The molecule has 4 rings (SSSR count). The lowest BCUT2D eigenvalue weighted by Gasteiger charge is -2.16. The Balaban J connectivity index is 1.70. The average molecular weight is 280 g/mol. The van der Waals surface area contributed by atoms with Gasteiger partial charge in [-0.05, 0) is 42.5 Å². The first-order valence-corrected chi connectivity index (χ1v) is 7.23. The second-order valence-corrected chi connectivity index (χ2v) is 5.50. The number of amides is 1. The van der Waals surface area contributed by atoms with Crippen molar-refractivity contribution >= 4 is 17.5 Å². The molecule has 0 saturated carbocycles. The Morgan fingerprint density at radius 3 is 2.95 bits per heavy atom. The predicted molar refractivity (Wildman–Crippen MR) is 80.6 cm³/mol. The van der Waals surface area contributed by atoms with Crippen molar-refractivity contribution in [3.63, 3.8) is 0 Å². The van der Waals surface area contributed by atoms with Crippen LogP contribution in [0.25, 0.3) is 0 Å². The van der Waals surface area contributed by atoms with Crippen molar-refractivity contribution in [3.05, 3.63) is 46.8 Å². The van der Waals surface area contributed by atoms with E-state index in [1.54, 1.807) is 18.1 Å². The average Bonchev–Trinajstić information content (AvgIpc) is 3.10. The van der Waals surface area contributed by atoms with E-state index in [4.69, 9.17) is 0 Å². The van der Waals surface area contributed by atoms with Gasteiger partial charge in [0.1, 0.15) is 0 Å². The van der Waals surface area contributed by atoms with Gasteiger partial charge in [0.2, 0.25) is 5.95 Å². The largest absolute Gasteiger partial charge is 0.357 e. The molecule has 2 aliphatic rings. The summed E-state index contributed by atoms with van der Waals surface area (Å²) in [7, 11) is 1.77. The first-order chi connectivity index (χ1) is 10.3. The SMILES string of the molecule is CNc1ncc2c(n1)CN(c1ccc3c(c1)CCC3)C2=O. The number of fused-ring (bicyclic) bond motifs is 2. The molecule has 0 unspecified atom stereocenters. The maximum absolute atomic E-state index is 12.5. The third-order valence-corrected chi connectivity index (χ3v) is 4.27. The Hall–Kier alpha value is -2.43. The number of benzene rings is 1. The Morgan fingerprint density at radius 1 is 1.24 bits per heavy atom. The van der Waals surface area contributed by atoms with Gasteiger partial charge >= 0.3 is 0 Å². The summed E-state index contributed by atoms with van der Waals surface area (Å²) >= 11 is 0. The van der Waals surface area contributed by atoms with Gasteiger partial charge in [-0.2, -0.15) is 0 Å². The molecule has 1 amide bonds. The highest BCUT2D eigenvalue weighted by Crippen LogP contribution is 2.31. The summed E-state index contributed by atoms with van der Waals surface area (Å²) in [6.07, 6.45) is 5.09. The lowest BCUT2D eigenvalue weighted by atomic mass is 10.1. The van der Waals surface area contributed by atoms with E-state index in [0.29, 0.717) is 18.1 Å². The van der Waals surface area contributed by atoms with Crippen LogP contribution in [0.4, 0.5) is 11.6 Å². The minimum Gasteiger partial charge on any atom is -0.357 e. The highest BCUT2D eigenvalue weighted by Gasteiger charge is 2.31. The Bertz CT molecular complexity index is 741. The van der Waals surface area contributed by atoms with Gasteiger partial charge in [0, 0.05) is 18.9 Å². The fourth-order valence-electron chi connectivity index (χ4n) is 3.14. The van der Waals surface area contributed by atoms with Crippen molar-refractivity contribution in [2.24, 2.45) is 0 Å². The number of hydrogen-bond acceptors (Lipinski definition) is 4. The Labute approximate surface area is 123 Å². The molecule has 1 N–H and O–H groups in total. The number of anilines is 2. The molecular formula is C16H16N4O. The lowest BCUT2D eigenvalue weighted by Crippen LogP contribution is -2.23. The summed E-state index contributed by atoms with van der Waals surface area (Å²) in [6.45, 7) is 0.518. The first-order valence-electron chi connectivity index (χ1n) is 7.23. The third-order valence-electron chi connectivity index (χ3n) is 4.27. The van der Waals surface area contributed by atoms with Crippen LogP contribution >= 0.6 is 0 Å². The summed E-state index contributed by atoms with van der Waals surface area (Å²) in [5.74, 6) is 0.544. The van der Waals surface area contributed by atoms with Gasteiger partial charge < -0.3 is 10.2 Å². The maximum Gasteiger partial charge on any atom is 0.262 e. The van der Waals surface area contributed by atoms with E-state index in [0.717, 1.165) is 24.2 Å². The molecule has 1 aromatic carbocycles. The Morgan fingerprint density at radius 2 is 2.10 bits per heavy atom. The molecule has 1 aliphatic heterocycles. The molecule has 2 aromatic rings. The first kappa shape index (κ1) is 12.3. The van der Waals surface area contributed by atoms with Crippen LogP contribution in [0.5, 0.6) is 0 Å². The van der Waals surface area contributed by atoms with Crippen molar-refractivity contribution in [1.82, 2.24) is 9.97 Å². The Kier molecular flexibility index (Phi) is 2.67. The van der Waals surface area contributed by atoms with Crippen molar-refractivity contribution < 1.29 is 4.79 Å². The van der Waals surface area contributed by atoms with Crippen LogP contribution in [-0.4, -0.2) is 22.9 Å². The fourth-order valence-corrected chi connectivity index (χ4v) is 3.14. The molecule has 2 heterocycles. The van der Waals surface area contributed by atoms with Crippen molar-refractivity contribution in [3.8, 4) is 0 Å². The van der Waals surface area contributed by atoms with E-state index in [1.165, 1.54) is 17.5 Å². The van der Waals surface area contributed by atoms with Gasteiger partial charge in [0.25, 0.3) is 5.91 Å². The predicted octanol–water partition coefficient (Wildman–Crippen LogP) is 2.17.